The van der Waals surface area contributed by atoms with E-state index in [9.17, 15) is 5.11 Å². The lowest BCUT2D eigenvalue weighted by molar-refractivity contribution is 0.0758. The highest BCUT2D eigenvalue weighted by Crippen LogP contribution is 2.12. The molecule has 1 aromatic carbocycles. The van der Waals surface area contributed by atoms with E-state index in [4.69, 9.17) is 4.74 Å². The van der Waals surface area contributed by atoms with Gasteiger partial charge in [-0.2, -0.15) is 0 Å². The summed E-state index contributed by atoms with van der Waals surface area (Å²) in [5, 5.41) is 9.86. The van der Waals surface area contributed by atoms with Gasteiger partial charge in [0.25, 0.3) is 0 Å². The Morgan fingerprint density at radius 1 is 1.24 bits per heavy atom. The molecule has 1 atom stereocenters. The Balaban J connectivity index is 1.71. The number of β-amino-alcohol motifs (C(OH)–C–C–N with tert-alkyl or cyclic N) is 1. The molecule has 0 spiro atoms. The third kappa shape index (κ3) is 4.02. The highest BCUT2D eigenvalue weighted by atomic mass is 16.5. The van der Waals surface area contributed by atoms with Crippen molar-refractivity contribution >= 4 is 0 Å². The molecule has 1 heterocycles. The number of benzene rings is 1. The van der Waals surface area contributed by atoms with Crippen LogP contribution in [0.1, 0.15) is 18.4 Å². The Kier molecular flexibility index (Phi) is 4.40. The van der Waals surface area contributed by atoms with E-state index in [-0.39, 0.29) is 0 Å². The summed E-state index contributed by atoms with van der Waals surface area (Å²) in [4.78, 5) is 2.29. The van der Waals surface area contributed by atoms with Crippen molar-refractivity contribution in [3.05, 3.63) is 29.8 Å². The Morgan fingerprint density at radius 2 is 1.88 bits per heavy atom. The van der Waals surface area contributed by atoms with E-state index in [1.54, 1.807) is 0 Å². The molecule has 1 fully saturated rings. The van der Waals surface area contributed by atoms with Crippen LogP contribution in [0.3, 0.4) is 0 Å². The van der Waals surface area contributed by atoms with Crippen LogP contribution in [-0.4, -0.2) is 42.4 Å². The van der Waals surface area contributed by atoms with Crippen molar-refractivity contribution < 1.29 is 9.84 Å². The lowest BCUT2D eigenvalue weighted by Crippen LogP contribution is -2.33. The zero-order chi connectivity index (χ0) is 12.1. The SMILES string of the molecule is Cc1ccc(OC[C@@H](O)CN2CCCC2)cc1. The van der Waals surface area contributed by atoms with E-state index in [0.29, 0.717) is 6.61 Å². The van der Waals surface area contributed by atoms with Crippen molar-refractivity contribution in [2.45, 2.75) is 25.9 Å². The van der Waals surface area contributed by atoms with Gasteiger partial charge in [0.1, 0.15) is 18.5 Å². The number of hydrogen-bond acceptors (Lipinski definition) is 3. The first-order valence-electron chi connectivity index (χ1n) is 6.34. The molecule has 1 aliphatic heterocycles. The normalized spacial score (nSPS) is 18.2. The molecule has 17 heavy (non-hydrogen) atoms. The predicted molar refractivity (Wildman–Crippen MR) is 68.4 cm³/mol. The fourth-order valence-corrected chi connectivity index (χ4v) is 2.14. The summed E-state index contributed by atoms with van der Waals surface area (Å²) in [6, 6.07) is 7.92. The number of rotatable bonds is 5. The van der Waals surface area contributed by atoms with E-state index in [1.807, 2.05) is 31.2 Å². The van der Waals surface area contributed by atoms with Crippen LogP contribution >= 0.6 is 0 Å². The second kappa shape index (κ2) is 6.03. The quantitative estimate of drug-likeness (QED) is 0.845. The fraction of sp³-hybridized carbons (Fsp3) is 0.571. The number of nitrogens with zero attached hydrogens (tertiary/aromatic N) is 1. The van der Waals surface area contributed by atoms with Gasteiger partial charge in [-0.3, -0.25) is 0 Å². The lowest BCUT2D eigenvalue weighted by atomic mass is 10.2. The summed E-state index contributed by atoms with van der Waals surface area (Å²) in [6.45, 7) is 5.38. The first kappa shape index (κ1) is 12.4. The standard InChI is InChI=1S/C14H21NO2/c1-12-4-6-14(7-5-12)17-11-13(16)10-15-8-2-3-9-15/h4-7,13,16H,2-3,8-11H2,1H3/t13-/m0/s1. The van der Waals surface area contributed by atoms with Gasteiger partial charge in [0.05, 0.1) is 0 Å². The van der Waals surface area contributed by atoms with Crippen LogP contribution in [-0.2, 0) is 0 Å². The van der Waals surface area contributed by atoms with Crippen molar-refractivity contribution in [2.24, 2.45) is 0 Å². The van der Waals surface area contributed by atoms with Crippen molar-refractivity contribution in [2.75, 3.05) is 26.2 Å². The van der Waals surface area contributed by atoms with Gasteiger partial charge < -0.3 is 14.7 Å². The average Bonchev–Trinajstić information content (AvgIpc) is 2.81. The Labute approximate surface area is 103 Å². The van der Waals surface area contributed by atoms with Crippen LogP contribution < -0.4 is 4.74 Å². The Hall–Kier alpha value is -1.06. The number of hydrogen-bond donors (Lipinski definition) is 1. The monoisotopic (exact) mass is 235 g/mol. The van der Waals surface area contributed by atoms with Gasteiger partial charge in [0.2, 0.25) is 0 Å². The van der Waals surface area contributed by atoms with Crippen LogP contribution in [0.5, 0.6) is 5.75 Å². The summed E-state index contributed by atoms with van der Waals surface area (Å²) in [5.41, 5.74) is 1.22. The van der Waals surface area contributed by atoms with Crippen LogP contribution in [0.25, 0.3) is 0 Å². The molecule has 0 radical (unpaired) electrons. The molecule has 1 N–H and O–H groups in total. The van der Waals surface area contributed by atoms with Crippen LogP contribution in [0.15, 0.2) is 24.3 Å². The molecule has 1 aromatic rings. The van der Waals surface area contributed by atoms with Gasteiger partial charge in [0, 0.05) is 6.54 Å². The third-order valence-electron chi connectivity index (χ3n) is 3.13. The van der Waals surface area contributed by atoms with Gasteiger partial charge in [-0.1, -0.05) is 17.7 Å². The molecule has 1 saturated heterocycles. The molecular formula is C14H21NO2. The number of aliphatic hydroxyl groups excluding tert-OH is 1. The first-order valence-corrected chi connectivity index (χ1v) is 6.34. The predicted octanol–water partition coefficient (Wildman–Crippen LogP) is 1.83. The van der Waals surface area contributed by atoms with E-state index in [0.717, 1.165) is 25.4 Å². The van der Waals surface area contributed by atoms with Crippen molar-refractivity contribution in [3.8, 4) is 5.75 Å². The number of likely N-dealkylation sites (tertiary alicyclic amines) is 1. The molecule has 0 bridgehead atoms. The summed E-state index contributed by atoms with van der Waals surface area (Å²) >= 11 is 0. The summed E-state index contributed by atoms with van der Waals surface area (Å²) in [6.07, 6.45) is 2.12. The minimum absolute atomic E-state index is 0.375. The van der Waals surface area contributed by atoms with Gasteiger partial charge >= 0.3 is 0 Å². The zero-order valence-corrected chi connectivity index (χ0v) is 10.4. The third-order valence-corrected chi connectivity index (χ3v) is 3.13. The van der Waals surface area contributed by atoms with Gasteiger partial charge in [-0.25, -0.2) is 0 Å². The maximum Gasteiger partial charge on any atom is 0.119 e. The summed E-state index contributed by atoms with van der Waals surface area (Å²) in [7, 11) is 0. The molecule has 0 unspecified atom stereocenters. The number of ether oxygens (including phenoxy) is 1. The minimum atomic E-state index is -0.394. The summed E-state index contributed by atoms with van der Waals surface area (Å²) in [5.74, 6) is 0.830. The van der Waals surface area contributed by atoms with Crippen LogP contribution in [0, 0.1) is 6.92 Å². The number of aryl methyl sites for hydroxylation is 1. The van der Waals surface area contributed by atoms with Gasteiger partial charge in [0.15, 0.2) is 0 Å². The van der Waals surface area contributed by atoms with E-state index in [2.05, 4.69) is 4.90 Å². The average molecular weight is 235 g/mol. The maximum absolute atomic E-state index is 9.86. The second-order valence-electron chi connectivity index (χ2n) is 4.79. The maximum atomic E-state index is 9.86. The van der Waals surface area contributed by atoms with Crippen LogP contribution in [0.4, 0.5) is 0 Å². The first-order chi connectivity index (χ1) is 8.24. The molecule has 3 heteroatoms. The highest BCUT2D eigenvalue weighted by Gasteiger charge is 2.15. The molecule has 1 aliphatic rings. The molecule has 2 rings (SSSR count). The van der Waals surface area contributed by atoms with Crippen molar-refractivity contribution in [1.82, 2.24) is 4.90 Å². The van der Waals surface area contributed by atoms with Crippen molar-refractivity contribution in [1.29, 1.82) is 0 Å². The molecule has 0 aromatic heterocycles. The highest BCUT2D eigenvalue weighted by molar-refractivity contribution is 5.26. The second-order valence-corrected chi connectivity index (χ2v) is 4.79. The van der Waals surface area contributed by atoms with Gasteiger partial charge in [-0.05, 0) is 45.0 Å². The fourth-order valence-electron chi connectivity index (χ4n) is 2.14. The molecule has 0 saturated carbocycles. The molecule has 94 valence electrons. The topological polar surface area (TPSA) is 32.7 Å². The lowest BCUT2D eigenvalue weighted by Gasteiger charge is -2.19. The van der Waals surface area contributed by atoms with E-state index >= 15 is 0 Å². The molecule has 0 aliphatic carbocycles. The number of aliphatic hydroxyl groups is 1. The van der Waals surface area contributed by atoms with Gasteiger partial charge in [-0.15, -0.1) is 0 Å². The Morgan fingerprint density at radius 3 is 2.53 bits per heavy atom. The van der Waals surface area contributed by atoms with E-state index in [1.165, 1.54) is 18.4 Å². The van der Waals surface area contributed by atoms with Crippen LogP contribution in [0.2, 0.25) is 0 Å². The van der Waals surface area contributed by atoms with E-state index < -0.39 is 6.10 Å². The van der Waals surface area contributed by atoms with Crippen molar-refractivity contribution in [3.63, 3.8) is 0 Å². The minimum Gasteiger partial charge on any atom is -0.491 e. The smallest absolute Gasteiger partial charge is 0.119 e. The summed E-state index contributed by atoms with van der Waals surface area (Å²) < 4.78 is 5.56. The zero-order valence-electron chi connectivity index (χ0n) is 10.4. The largest absolute Gasteiger partial charge is 0.491 e. The Bertz CT molecular complexity index is 331. The molecule has 3 nitrogen and oxygen atoms in total. The molecule has 0 amide bonds. The molecular weight excluding hydrogens is 214 g/mol.